The number of hydrogen-bond acceptors (Lipinski definition) is 4. The molecule has 1 N–H and O–H groups in total. The van der Waals surface area contributed by atoms with E-state index >= 15 is 0 Å². The average molecular weight is 462 g/mol. The zero-order valence-corrected chi connectivity index (χ0v) is 19.2. The van der Waals surface area contributed by atoms with Crippen molar-refractivity contribution in [2.75, 3.05) is 19.8 Å². The molecule has 0 aliphatic rings. The molecule has 0 aliphatic carbocycles. The summed E-state index contributed by atoms with van der Waals surface area (Å²) in [5.74, 6) is 1.83. The molecule has 7 heteroatoms. The van der Waals surface area contributed by atoms with Gasteiger partial charge in [-0.05, 0) is 61.9 Å². The van der Waals surface area contributed by atoms with Crippen LogP contribution in [0.1, 0.15) is 29.5 Å². The van der Waals surface area contributed by atoms with E-state index in [-0.39, 0.29) is 11.7 Å². The molecule has 0 bridgehead atoms. The van der Waals surface area contributed by atoms with E-state index < -0.39 is 0 Å². The summed E-state index contributed by atoms with van der Waals surface area (Å²) < 4.78 is 26.9. The zero-order valence-electron chi connectivity index (χ0n) is 19.2. The molecule has 1 amide bonds. The van der Waals surface area contributed by atoms with Crippen molar-refractivity contribution in [3.8, 4) is 11.5 Å². The summed E-state index contributed by atoms with van der Waals surface area (Å²) in [6.07, 6.45) is 1.43. The van der Waals surface area contributed by atoms with Gasteiger partial charge in [-0.1, -0.05) is 24.3 Å². The van der Waals surface area contributed by atoms with Gasteiger partial charge in [0.1, 0.15) is 18.2 Å². The van der Waals surface area contributed by atoms with E-state index in [1.165, 1.54) is 24.3 Å². The van der Waals surface area contributed by atoms with Gasteiger partial charge in [0.15, 0.2) is 11.5 Å². The molecule has 0 aliphatic heterocycles. The Kier molecular flexibility index (Phi) is 7.75. The van der Waals surface area contributed by atoms with E-state index in [1.807, 2.05) is 49.4 Å². The highest BCUT2D eigenvalue weighted by atomic mass is 19.1. The average Bonchev–Trinajstić information content (AvgIpc) is 3.21. The van der Waals surface area contributed by atoms with Gasteiger partial charge in [0.05, 0.1) is 24.2 Å². The number of carbonyl (C=O) groups is 1. The lowest BCUT2D eigenvalue weighted by Crippen LogP contribution is -2.25. The summed E-state index contributed by atoms with van der Waals surface area (Å²) in [6.45, 7) is 4.13. The molecule has 0 fully saturated rings. The van der Waals surface area contributed by atoms with E-state index in [9.17, 15) is 9.18 Å². The summed E-state index contributed by atoms with van der Waals surface area (Å²) >= 11 is 0. The number of benzene rings is 3. The van der Waals surface area contributed by atoms with Crippen LogP contribution < -0.4 is 14.8 Å². The second-order valence-electron chi connectivity index (χ2n) is 7.76. The van der Waals surface area contributed by atoms with Crippen molar-refractivity contribution >= 4 is 16.9 Å². The lowest BCUT2D eigenvalue weighted by molar-refractivity contribution is 0.0953. The van der Waals surface area contributed by atoms with Crippen molar-refractivity contribution in [1.29, 1.82) is 0 Å². The maximum absolute atomic E-state index is 13.1. The Hall–Kier alpha value is -3.87. The first kappa shape index (κ1) is 23.3. The summed E-state index contributed by atoms with van der Waals surface area (Å²) in [5, 5.41) is 2.89. The highest BCUT2D eigenvalue weighted by Crippen LogP contribution is 2.26. The molecule has 0 saturated heterocycles. The first-order valence-electron chi connectivity index (χ1n) is 11.5. The van der Waals surface area contributed by atoms with Crippen LogP contribution in [0.4, 0.5) is 4.39 Å². The minimum absolute atomic E-state index is 0.213. The minimum Gasteiger partial charge on any atom is -0.490 e. The summed E-state index contributed by atoms with van der Waals surface area (Å²) in [6, 6.07) is 21.2. The van der Waals surface area contributed by atoms with Crippen LogP contribution in [0.2, 0.25) is 0 Å². The molecule has 0 spiro atoms. The first-order chi connectivity index (χ1) is 16.7. The number of fused-ring (bicyclic) bond motifs is 1. The number of ether oxygens (including phenoxy) is 2. The second-order valence-corrected chi connectivity index (χ2v) is 7.76. The molecule has 176 valence electrons. The smallest absolute Gasteiger partial charge is 0.251 e. The number of aromatic nitrogens is 2. The number of amides is 1. The van der Waals surface area contributed by atoms with Crippen LogP contribution >= 0.6 is 0 Å². The molecule has 1 heterocycles. The molecule has 0 saturated carbocycles. The van der Waals surface area contributed by atoms with Gasteiger partial charge in [-0.25, -0.2) is 9.37 Å². The molecule has 0 unspecified atom stereocenters. The van der Waals surface area contributed by atoms with Crippen LogP contribution in [-0.2, 0) is 13.0 Å². The van der Waals surface area contributed by atoms with Gasteiger partial charge in [-0.2, -0.15) is 0 Å². The maximum atomic E-state index is 13.1. The van der Waals surface area contributed by atoms with Gasteiger partial charge in [0.2, 0.25) is 0 Å². The summed E-state index contributed by atoms with van der Waals surface area (Å²) in [7, 11) is 0. The van der Waals surface area contributed by atoms with Crippen molar-refractivity contribution in [2.45, 2.75) is 26.3 Å². The van der Waals surface area contributed by atoms with Crippen LogP contribution in [0.15, 0.2) is 72.8 Å². The first-order valence-corrected chi connectivity index (χ1v) is 11.5. The fourth-order valence-corrected chi connectivity index (χ4v) is 3.81. The van der Waals surface area contributed by atoms with Gasteiger partial charge >= 0.3 is 0 Å². The molecule has 3 aromatic carbocycles. The van der Waals surface area contributed by atoms with Gasteiger partial charge in [-0.3, -0.25) is 4.79 Å². The molecule has 0 radical (unpaired) electrons. The van der Waals surface area contributed by atoms with E-state index in [4.69, 9.17) is 14.5 Å². The Bertz CT molecular complexity index is 1240. The molecular weight excluding hydrogens is 433 g/mol. The third kappa shape index (κ3) is 5.73. The lowest BCUT2D eigenvalue weighted by atomic mass is 10.2. The van der Waals surface area contributed by atoms with E-state index in [0.29, 0.717) is 38.3 Å². The number of halogens is 1. The van der Waals surface area contributed by atoms with E-state index in [1.54, 1.807) is 0 Å². The Balaban J connectivity index is 1.37. The quantitative estimate of drug-likeness (QED) is 0.319. The number of nitrogens with one attached hydrogen (secondary N) is 1. The van der Waals surface area contributed by atoms with Crippen LogP contribution in [0.25, 0.3) is 11.0 Å². The molecule has 0 atom stereocenters. The van der Waals surface area contributed by atoms with Gasteiger partial charge in [0, 0.05) is 18.5 Å². The van der Waals surface area contributed by atoms with Crippen molar-refractivity contribution in [2.24, 2.45) is 0 Å². The normalized spacial score (nSPS) is 10.9. The Morgan fingerprint density at radius 1 is 0.971 bits per heavy atom. The Morgan fingerprint density at radius 3 is 2.44 bits per heavy atom. The fraction of sp³-hybridized carbons (Fsp3) is 0.259. The van der Waals surface area contributed by atoms with Gasteiger partial charge < -0.3 is 19.4 Å². The van der Waals surface area contributed by atoms with Crippen molar-refractivity contribution in [3.05, 3.63) is 90.0 Å². The number of imidazole rings is 1. The van der Waals surface area contributed by atoms with Crippen molar-refractivity contribution in [3.63, 3.8) is 0 Å². The molecule has 1 aromatic heterocycles. The predicted molar refractivity (Wildman–Crippen MR) is 130 cm³/mol. The largest absolute Gasteiger partial charge is 0.490 e. The van der Waals surface area contributed by atoms with Gasteiger partial charge in [0.25, 0.3) is 5.91 Å². The van der Waals surface area contributed by atoms with E-state index in [0.717, 1.165) is 34.8 Å². The maximum Gasteiger partial charge on any atom is 0.251 e. The molecule has 4 rings (SSSR count). The molecule has 34 heavy (non-hydrogen) atoms. The highest BCUT2D eigenvalue weighted by molar-refractivity contribution is 5.94. The molecule has 4 aromatic rings. The number of hydrogen-bond donors (Lipinski definition) is 1. The summed E-state index contributed by atoms with van der Waals surface area (Å²) in [4.78, 5) is 17.0. The van der Waals surface area contributed by atoms with Crippen LogP contribution in [0.3, 0.4) is 0 Å². The highest BCUT2D eigenvalue weighted by Gasteiger charge is 2.12. The number of carbonyl (C=O) groups excluding carboxylic acids is 1. The number of aryl methyl sites for hydroxylation is 1. The Morgan fingerprint density at radius 2 is 1.68 bits per heavy atom. The molecular formula is C27H28FN3O3. The number of para-hydroxylation sites is 4. The van der Waals surface area contributed by atoms with E-state index in [2.05, 4.69) is 16.0 Å². The predicted octanol–water partition coefficient (Wildman–Crippen LogP) is 5.02. The third-order valence-corrected chi connectivity index (χ3v) is 5.42. The lowest BCUT2D eigenvalue weighted by Gasteiger charge is -2.13. The topological polar surface area (TPSA) is 65.4 Å². The number of rotatable bonds is 11. The minimum atomic E-state index is -0.360. The zero-order chi connectivity index (χ0) is 23.8. The van der Waals surface area contributed by atoms with Crippen molar-refractivity contribution in [1.82, 2.24) is 14.9 Å². The Labute approximate surface area is 198 Å². The standard InChI is InChI=1S/C27H28FN3O3/c1-2-33-24-10-5-6-11-25(24)34-19-18-31-23-9-4-3-8-22(23)30-26(31)12-7-17-29-27(32)20-13-15-21(28)16-14-20/h3-6,8-11,13-16H,2,7,12,17-19H2,1H3,(H,29,32). The number of nitrogens with zero attached hydrogens (tertiary/aromatic N) is 2. The second kappa shape index (κ2) is 11.3. The van der Waals surface area contributed by atoms with Crippen LogP contribution in [0, 0.1) is 5.82 Å². The van der Waals surface area contributed by atoms with Crippen molar-refractivity contribution < 1.29 is 18.7 Å². The summed E-state index contributed by atoms with van der Waals surface area (Å²) in [5.41, 5.74) is 2.43. The van der Waals surface area contributed by atoms with Crippen LogP contribution in [-0.4, -0.2) is 35.2 Å². The van der Waals surface area contributed by atoms with Crippen LogP contribution in [0.5, 0.6) is 11.5 Å². The van der Waals surface area contributed by atoms with Gasteiger partial charge in [-0.15, -0.1) is 0 Å². The SMILES string of the molecule is CCOc1ccccc1OCCn1c(CCCNC(=O)c2ccc(F)cc2)nc2ccccc21. The monoisotopic (exact) mass is 461 g/mol. The fourth-order valence-electron chi connectivity index (χ4n) is 3.81. The third-order valence-electron chi connectivity index (χ3n) is 5.42. The molecule has 6 nitrogen and oxygen atoms in total.